The summed E-state index contributed by atoms with van der Waals surface area (Å²) in [5, 5.41) is 8.70. The van der Waals surface area contributed by atoms with E-state index in [9.17, 15) is 17.2 Å². The summed E-state index contributed by atoms with van der Waals surface area (Å²) in [4.78, 5) is 0.0815. The number of nitrogens with one attached hydrogen (secondary N) is 1. The molecule has 8 heteroatoms. The van der Waals surface area contributed by atoms with Crippen molar-refractivity contribution in [3.63, 3.8) is 0 Å². The third-order valence-electron chi connectivity index (χ3n) is 2.64. The van der Waals surface area contributed by atoms with Crippen molar-refractivity contribution in [1.82, 2.24) is 0 Å². The number of benzene rings is 2. The first-order valence-electron chi connectivity index (χ1n) is 5.99. The number of nitrogens with zero attached hydrogens (tertiary/aromatic N) is 1. The quantitative estimate of drug-likeness (QED) is 0.843. The Balaban J connectivity index is 2.31. The van der Waals surface area contributed by atoms with Gasteiger partial charge in [0.05, 0.1) is 22.2 Å². The number of sulfonamides is 1. The fourth-order valence-electron chi connectivity index (χ4n) is 1.66. The number of anilines is 1. The number of para-hydroxylation sites is 1. The van der Waals surface area contributed by atoms with E-state index in [4.69, 9.17) is 5.26 Å². The molecular weight excluding hydrogens is 330 g/mol. The first kappa shape index (κ1) is 16.3. The minimum Gasteiger partial charge on any atom is -0.278 e. The van der Waals surface area contributed by atoms with Gasteiger partial charge >= 0.3 is 0 Å². The van der Waals surface area contributed by atoms with E-state index in [0.717, 1.165) is 0 Å². The Morgan fingerprint density at radius 2 is 1.73 bits per heavy atom. The van der Waals surface area contributed by atoms with Crippen LogP contribution in [0.4, 0.5) is 14.5 Å². The Morgan fingerprint density at radius 1 is 1.09 bits per heavy atom. The van der Waals surface area contributed by atoms with Crippen molar-refractivity contribution in [3.8, 4) is 6.07 Å². The molecule has 0 atom stereocenters. The number of halogens is 2. The summed E-state index contributed by atoms with van der Waals surface area (Å²) in [6.07, 6.45) is 0. The summed E-state index contributed by atoms with van der Waals surface area (Å²) in [7, 11) is -3.91. The van der Waals surface area contributed by atoms with Gasteiger partial charge in [-0.25, -0.2) is 8.42 Å². The van der Waals surface area contributed by atoms with Crippen LogP contribution in [-0.4, -0.2) is 14.2 Å². The molecule has 1 N–H and O–H groups in total. The second kappa shape index (κ2) is 6.77. The Morgan fingerprint density at radius 3 is 2.32 bits per heavy atom. The fraction of sp³-hybridized carbons (Fsp3) is 0.0714. The highest BCUT2D eigenvalue weighted by molar-refractivity contribution is 7.99. The van der Waals surface area contributed by atoms with Crippen LogP contribution in [-0.2, 0) is 10.0 Å². The molecule has 0 amide bonds. The van der Waals surface area contributed by atoms with Crippen molar-refractivity contribution in [3.05, 3.63) is 54.1 Å². The van der Waals surface area contributed by atoms with Gasteiger partial charge in [-0.2, -0.15) is 14.0 Å². The van der Waals surface area contributed by atoms with Crippen molar-refractivity contribution in [2.24, 2.45) is 0 Å². The highest BCUT2D eigenvalue weighted by atomic mass is 32.2. The van der Waals surface area contributed by atoms with Crippen molar-refractivity contribution >= 4 is 27.5 Å². The number of nitriles is 1. The van der Waals surface area contributed by atoms with Crippen LogP contribution in [0.1, 0.15) is 5.56 Å². The zero-order valence-corrected chi connectivity index (χ0v) is 12.7. The molecule has 2 aromatic rings. The smallest absolute Gasteiger partial charge is 0.278 e. The molecule has 22 heavy (non-hydrogen) atoms. The molecule has 0 aliphatic heterocycles. The summed E-state index contributed by atoms with van der Waals surface area (Å²) in [5.41, 5.74) is 0.407. The minimum atomic E-state index is -3.91. The van der Waals surface area contributed by atoms with Gasteiger partial charge in [0.2, 0.25) is 0 Å². The van der Waals surface area contributed by atoms with Crippen molar-refractivity contribution in [2.45, 2.75) is 15.5 Å². The zero-order chi connectivity index (χ0) is 16.2. The molecule has 2 rings (SSSR count). The Hall–Kier alpha value is -2.11. The van der Waals surface area contributed by atoms with Gasteiger partial charge in [0.25, 0.3) is 15.8 Å². The molecule has 0 bridgehead atoms. The Labute approximate surface area is 130 Å². The first-order chi connectivity index (χ1) is 10.4. The van der Waals surface area contributed by atoms with Gasteiger partial charge in [-0.15, -0.1) is 0 Å². The lowest BCUT2D eigenvalue weighted by Crippen LogP contribution is -2.13. The highest BCUT2D eigenvalue weighted by Crippen LogP contribution is 2.32. The van der Waals surface area contributed by atoms with Crippen LogP contribution in [0.5, 0.6) is 0 Å². The van der Waals surface area contributed by atoms with Crippen LogP contribution in [0.15, 0.2) is 58.3 Å². The van der Waals surface area contributed by atoms with E-state index in [1.54, 1.807) is 12.1 Å². The highest BCUT2D eigenvalue weighted by Gasteiger charge is 2.17. The summed E-state index contributed by atoms with van der Waals surface area (Å²) in [5.74, 6) is -2.65. The predicted molar refractivity (Wildman–Crippen MR) is 80.3 cm³/mol. The van der Waals surface area contributed by atoms with Crippen LogP contribution in [0, 0.1) is 11.3 Å². The molecule has 0 saturated carbocycles. The van der Waals surface area contributed by atoms with Crippen molar-refractivity contribution < 1.29 is 17.2 Å². The lowest BCUT2D eigenvalue weighted by molar-refractivity contribution is 0.252. The molecule has 0 spiro atoms. The summed E-state index contributed by atoms with van der Waals surface area (Å²) in [6, 6.07) is 13.1. The van der Waals surface area contributed by atoms with Gasteiger partial charge in [-0.05, 0) is 36.4 Å². The molecule has 0 aliphatic rings. The number of thioether (sulfide) groups is 1. The Kier molecular flexibility index (Phi) is 5.00. The number of rotatable bonds is 5. The van der Waals surface area contributed by atoms with Crippen LogP contribution >= 0.6 is 11.8 Å². The molecule has 4 nitrogen and oxygen atoms in total. The topological polar surface area (TPSA) is 70.0 Å². The molecule has 0 unspecified atom stereocenters. The molecule has 0 aromatic heterocycles. The van der Waals surface area contributed by atoms with Gasteiger partial charge in [0.15, 0.2) is 0 Å². The van der Waals surface area contributed by atoms with Gasteiger partial charge < -0.3 is 0 Å². The summed E-state index contributed by atoms with van der Waals surface area (Å²) >= 11 is 0.264. The normalized spacial score (nSPS) is 11.2. The second-order valence-electron chi connectivity index (χ2n) is 4.12. The average Bonchev–Trinajstić information content (AvgIpc) is 2.48. The third-order valence-corrected chi connectivity index (χ3v) is 4.81. The molecular formula is C14H10F2N2O2S2. The van der Waals surface area contributed by atoms with Gasteiger partial charge in [0.1, 0.15) is 0 Å². The predicted octanol–water partition coefficient (Wildman–Crippen LogP) is 3.67. The molecule has 0 fully saturated rings. The monoisotopic (exact) mass is 340 g/mol. The molecule has 0 radical (unpaired) electrons. The molecule has 0 heterocycles. The Bertz CT molecular complexity index is 800. The largest absolute Gasteiger partial charge is 0.288 e. The van der Waals surface area contributed by atoms with E-state index in [0.29, 0.717) is 5.56 Å². The maximum atomic E-state index is 12.5. The molecule has 114 valence electrons. The fourth-order valence-corrected chi connectivity index (χ4v) is 3.40. The lowest BCUT2D eigenvalue weighted by atomic mass is 10.2. The van der Waals surface area contributed by atoms with E-state index in [2.05, 4.69) is 4.72 Å². The van der Waals surface area contributed by atoms with Gasteiger partial charge in [-0.1, -0.05) is 23.9 Å². The molecule has 0 aliphatic carbocycles. The van der Waals surface area contributed by atoms with E-state index in [1.807, 2.05) is 6.07 Å². The maximum Gasteiger partial charge on any atom is 0.288 e. The van der Waals surface area contributed by atoms with E-state index in [1.165, 1.54) is 36.4 Å². The molecule has 2 aromatic carbocycles. The third kappa shape index (κ3) is 3.96. The van der Waals surface area contributed by atoms with E-state index >= 15 is 0 Å². The van der Waals surface area contributed by atoms with E-state index in [-0.39, 0.29) is 27.2 Å². The average molecular weight is 340 g/mol. The van der Waals surface area contributed by atoms with E-state index < -0.39 is 15.8 Å². The van der Waals surface area contributed by atoms with Crippen LogP contribution in [0.2, 0.25) is 0 Å². The van der Waals surface area contributed by atoms with Gasteiger partial charge in [-0.3, -0.25) is 4.72 Å². The standard InChI is InChI=1S/C14H10F2N2O2S2/c15-14(16)21-13-4-2-1-3-12(13)18-22(19,20)11-7-5-10(9-17)6-8-11/h1-8,14,18H. The van der Waals surface area contributed by atoms with Crippen LogP contribution in [0.3, 0.4) is 0 Å². The van der Waals surface area contributed by atoms with Crippen LogP contribution in [0.25, 0.3) is 0 Å². The zero-order valence-electron chi connectivity index (χ0n) is 11.0. The molecule has 0 saturated heterocycles. The summed E-state index contributed by atoms with van der Waals surface area (Å²) < 4.78 is 51.8. The second-order valence-corrected chi connectivity index (χ2v) is 6.83. The van der Waals surface area contributed by atoms with Crippen LogP contribution < -0.4 is 4.72 Å². The number of hydrogen-bond donors (Lipinski definition) is 1. The lowest BCUT2D eigenvalue weighted by Gasteiger charge is -2.12. The number of hydrogen-bond acceptors (Lipinski definition) is 4. The van der Waals surface area contributed by atoms with Crippen molar-refractivity contribution in [1.29, 1.82) is 5.26 Å². The van der Waals surface area contributed by atoms with Crippen molar-refractivity contribution in [2.75, 3.05) is 4.72 Å². The minimum absolute atomic E-state index is 0.0525. The first-order valence-corrected chi connectivity index (χ1v) is 8.35. The SMILES string of the molecule is N#Cc1ccc(S(=O)(=O)Nc2ccccc2SC(F)F)cc1. The number of alkyl halides is 2. The van der Waals surface area contributed by atoms with Gasteiger partial charge in [0, 0.05) is 4.90 Å². The summed E-state index contributed by atoms with van der Waals surface area (Å²) in [6.45, 7) is 0. The maximum absolute atomic E-state index is 12.5.